The number of nitrogens with zero attached hydrogens (tertiary/aromatic N) is 2. The predicted octanol–water partition coefficient (Wildman–Crippen LogP) is 4.76. The molecule has 1 amide bonds. The van der Waals surface area contributed by atoms with Crippen molar-refractivity contribution in [3.63, 3.8) is 0 Å². The number of halogens is 2. The summed E-state index contributed by atoms with van der Waals surface area (Å²) in [5.41, 5.74) is 1.04. The van der Waals surface area contributed by atoms with Gasteiger partial charge in [0.05, 0.1) is 10.6 Å². The Morgan fingerprint density at radius 1 is 1.24 bits per heavy atom. The number of benzene rings is 2. The lowest BCUT2D eigenvalue weighted by molar-refractivity contribution is -0.384. The van der Waals surface area contributed by atoms with E-state index in [2.05, 4.69) is 10.3 Å². The zero-order valence-corrected chi connectivity index (χ0v) is 14.0. The van der Waals surface area contributed by atoms with Gasteiger partial charge in [-0.3, -0.25) is 20.2 Å². The monoisotopic (exact) mass is 377 g/mol. The molecule has 1 N–H and O–H groups in total. The van der Waals surface area contributed by atoms with Crippen molar-refractivity contribution in [2.24, 2.45) is 0 Å². The van der Waals surface area contributed by atoms with Gasteiger partial charge in [0.15, 0.2) is 5.13 Å². The van der Waals surface area contributed by atoms with E-state index in [0.29, 0.717) is 16.4 Å². The van der Waals surface area contributed by atoms with Crippen LogP contribution in [0, 0.1) is 15.9 Å². The first-order valence-corrected chi connectivity index (χ1v) is 8.16. The Bertz CT molecular complexity index is 960. The second kappa shape index (κ2) is 6.96. The van der Waals surface area contributed by atoms with Crippen LogP contribution in [0.15, 0.2) is 47.8 Å². The zero-order chi connectivity index (χ0) is 18.0. The number of hydrogen-bond acceptors (Lipinski definition) is 5. The summed E-state index contributed by atoms with van der Waals surface area (Å²) in [6, 6.07) is 9.59. The van der Waals surface area contributed by atoms with E-state index < -0.39 is 10.8 Å². The van der Waals surface area contributed by atoms with Gasteiger partial charge in [0.2, 0.25) is 0 Å². The first kappa shape index (κ1) is 17.0. The first-order valence-electron chi connectivity index (χ1n) is 6.91. The highest BCUT2D eigenvalue weighted by Crippen LogP contribution is 2.27. The van der Waals surface area contributed by atoms with Crippen molar-refractivity contribution in [2.45, 2.75) is 0 Å². The van der Waals surface area contributed by atoms with Gasteiger partial charge < -0.3 is 0 Å². The lowest BCUT2D eigenvalue weighted by atomic mass is 10.2. The van der Waals surface area contributed by atoms with Crippen molar-refractivity contribution >= 4 is 39.7 Å². The third-order valence-electron chi connectivity index (χ3n) is 3.27. The van der Waals surface area contributed by atoms with Gasteiger partial charge in [-0.15, -0.1) is 11.3 Å². The fraction of sp³-hybridized carbons (Fsp3) is 0. The summed E-state index contributed by atoms with van der Waals surface area (Å²) in [6.07, 6.45) is 0. The van der Waals surface area contributed by atoms with E-state index in [4.69, 9.17) is 11.6 Å². The third-order valence-corrected chi connectivity index (χ3v) is 4.35. The van der Waals surface area contributed by atoms with Crippen LogP contribution in [-0.2, 0) is 0 Å². The van der Waals surface area contributed by atoms with Gasteiger partial charge in [-0.2, -0.15) is 0 Å². The maximum absolute atomic E-state index is 13.0. The Morgan fingerprint density at radius 3 is 2.64 bits per heavy atom. The number of anilines is 1. The summed E-state index contributed by atoms with van der Waals surface area (Å²) in [5.74, 6) is -0.892. The molecule has 0 saturated heterocycles. The topological polar surface area (TPSA) is 85.1 Å². The number of nitrogens with one attached hydrogen (secondary N) is 1. The van der Waals surface area contributed by atoms with Crippen molar-refractivity contribution in [1.82, 2.24) is 4.98 Å². The Balaban J connectivity index is 1.79. The molecular weight excluding hydrogens is 369 g/mol. The molecular formula is C16H9ClFN3O3S. The van der Waals surface area contributed by atoms with E-state index in [0.717, 1.165) is 6.07 Å². The highest BCUT2D eigenvalue weighted by atomic mass is 35.5. The molecule has 25 heavy (non-hydrogen) atoms. The third kappa shape index (κ3) is 3.81. The fourth-order valence-corrected chi connectivity index (χ4v) is 2.95. The number of thiazole rings is 1. The molecule has 3 rings (SSSR count). The minimum absolute atomic E-state index is 0.0469. The number of carbonyl (C=O) groups is 1. The number of rotatable bonds is 4. The Kier molecular flexibility index (Phi) is 4.73. The molecule has 3 aromatic rings. The Hall–Kier alpha value is -2.84. The van der Waals surface area contributed by atoms with Crippen LogP contribution in [0.4, 0.5) is 15.2 Å². The van der Waals surface area contributed by atoms with E-state index >= 15 is 0 Å². The van der Waals surface area contributed by atoms with Crippen LogP contribution in [0.2, 0.25) is 5.02 Å². The fourth-order valence-electron chi connectivity index (χ4n) is 2.05. The van der Waals surface area contributed by atoms with Crippen LogP contribution in [0.3, 0.4) is 0 Å². The normalized spacial score (nSPS) is 10.5. The maximum Gasteiger partial charge on any atom is 0.288 e. The van der Waals surface area contributed by atoms with Gasteiger partial charge in [0, 0.05) is 22.6 Å². The average Bonchev–Trinajstić information content (AvgIpc) is 3.04. The van der Waals surface area contributed by atoms with Crippen molar-refractivity contribution in [3.05, 3.63) is 74.4 Å². The summed E-state index contributed by atoms with van der Waals surface area (Å²) in [6.45, 7) is 0. The number of nitro groups is 1. The van der Waals surface area contributed by atoms with Gasteiger partial charge in [-0.1, -0.05) is 11.6 Å². The molecule has 0 aliphatic heterocycles. The van der Waals surface area contributed by atoms with Gasteiger partial charge in [-0.05, 0) is 36.4 Å². The predicted molar refractivity (Wildman–Crippen MR) is 93.6 cm³/mol. The lowest BCUT2D eigenvalue weighted by Crippen LogP contribution is -2.12. The summed E-state index contributed by atoms with van der Waals surface area (Å²) in [4.78, 5) is 26.7. The van der Waals surface area contributed by atoms with Crippen LogP contribution in [0.25, 0.3) is 11.3 Å². The van der Waals surface area contributed by atoms with Crippen LogP contribution in [0.1, 0.15) is 10.4 Å². The molecule has 0 aliphatic carbocycles. The van der Waals surface area contributed by atoms with Crippen molar-refractivity contribution in [2.75, 3.05) is 5.32 Å². The largest absolute Gasteiger partial charge is 0.298 e. The summed E-state index contributed by atoms with van der Waals surface area (Å²) >= 11 is 6.92. The minimum Gasteiger partial charge on any atom is -0.298 e. The number of hydrogen-bond donors (Lipinski definition) is 1. The molecule has 0 saturated carbocycles. The summed E-state index contributed by atoms with van der Waals surface area (Å²) < 4.78 is 13.0. The highest BCUT2D eigenvalue weighted by Gasteiger charge is 2.17. The SMILES string of the molecule is O=C(Nc1nc(-c2ccc(F)cc2)cs1)c1ccc(Cl)c([N+](=O)[O-])c1. The first-order chi connectivity index (χ1) is 11.9. The second-order valence-electron chi connectivity index (χ2n) is 4.92. The molecule has 1 heterocycles. The molecule has 0 atom stereocenters. The van der Waals surface area contributed by atoms with Crippen LogP contribution < -0.4 is 5.32 Å². The molecule has 2 aromatic carbocycles. The minimum atomic E-state index is -0.658. The molecule has 1 aromatic heterocycles. The Labute approximate surface area is 150 Å². The summed E-state index contributed by atoms with van der Waals surface area (Å²) in [5, 5.41) is 15.5. The molecule has 126 valence electrons. The van der Waals surface area contributed by atoms with E-state index in [1.807, 2.05) is 0 Å². The number of nitro benzene ring substituents is 1. The quantitative estimate of drug-likeness (QED) is 0.524. The van der Waals surface area contributed by atoms with Crippen molar-refractivity contribution in [1.29, 1.82) is 0 Å². The lowest BCUT2D eigenvalue weighted by Gasteiger charge is -2.02. The molecule has 0 aliphatic rings. The van der Waals surface area contributed by atoms with Gasteiger partial charge in [-0.25, -0.2) is 9.37 Å². The summed E-state index contributed by atoms with van der Waals surface area (Å²) in [7, 11) is 0. The van der Waals surface area contributed by atoms with E-state index in [1.165, 1.54) is 35.6 Å². The highest BCUT2D eigenvalue weighted by molar-refractivity contribution is 7.14. The Morgan fingerprint density at radius 2 is 1.96 bits per heavy atom. The molecule has 6 nitrogen and oxygen atoms in total. The average molecular weight is 378 g/mol. The molecule has 0 spiro atoms. The number of amides is 1. The standard InChI is InChI=1S/C16H9ClFN3O3S/c17-12-6-3-10(7-14(12)21(23)24)15(22)20-16-19-13(8-25-16)9-1-4-11(18)5-2-9/h1-8H,(H,19,20,22). The van der Waals surface area contributed by atoms with Gasteiger partial charge in [0.25, 0.3) is 11.6 Å². The zero-order valence-electron chi connectivity index (χ0n) is 12.4. The maximum atomic E-state index is 13.0. The van der Waals surface area contributed by atoms with Crippen molar-refractivity contribution in [3.8, 4) is 11.3 Å². The molecule has 0 fully saturated rings. The number of aromatic nitrogens is 1. The molecule has 0 radical (unpaired) electrons. The van der Waals surface area contributed by atoms with Crippen molar-refractivity contribution < 1.29 is 14.1 Å². The molecule has 0 bridgehead atoms. The number of carbonyl (C=O) groups excluding carboxylic acids is 1. The van der Waals surface area contributed by atoms with Crippen LogP contribution in [0.5, 0.6) is 0 Å². The van der Waals surface area contributed by atoms with Crippen LogP contribution >= 0.6 is 22.9 Å². The van der Waals surface area contributed by atoms with Gasteiger partial charge in [0.1, 0.15) is 10.8 Å². The second-order valence-corrected chi connectivity index (χ2v) is 6.19. The molecule has 0 unspecified atom stereocenters. The molecule has 9 heteroatoms. The van der Waals surface area contributed by atoms with E-state index in [9.17, 15) is 19.3 Å². The van der Waals surface area contributed by atoms with E-state index in [-0.39, 0.29) is 22.1 Å². The van der Waals surface area contributed by atoms with Crippen LogP contribution in [-0.4, -0.2) is 15.8 Å². The smallest absolute Gasteiger partial charge is 0.288 e. The van der Waals surface area contributed by atoms with Gasteiger partial charge >= 0.3 is 0 Å². The van der Waals surface area contributed by atoms with E-state index in [1.54, 1.807) is 17.5 Å².